The van der Waals surface area contributed by atoms with Gasteiger partial charge in [0, 0.05) is 13.1 Å². The van der Waals surface area contributed by atoms with Crippen LogP contribution in [0.4, 0.5) is 0 Å². The number of nitrogens with zero attached hydrogens (tertiary/aromatic N) is 2. The van der Waals surface area contributed by atoms with Crippen molar-refractivity contribution in [3.8, 4) is 5.75 Å². The molecule has 0 aliphatic rings. The fraction of sp³-hybridized carbons (Fsp3) is 0.538. The highest BCUT2D eigenvalue weighted by atomic mass is 16.3. The van der Waals surface area contributed by atoms with E-state index >= 15 is 0 Å². The Balaban J connectivity index is 2.34. The number of hydrogen-bond donors (Lipinski definition) is 2. The van der Waals surface area contributed by atoms with E-state index in [9.17, 15) is 4.79 Å². The predicted molar refractivity (Wildman–Crippen MR) is 70.1 cm³/mol. The molecule has 18 heavy (non-hydrogen) atoms. The Kier molecular flexibility index (Phi) is 5.58. The monoisotopic (exact) mass is 251 g/mol. The standard InChI is InChI=1S/C13H21N3O2/c1-10(2)6-15-13(18)9-16(3)8-11-4-5-12(17)7-14-11/h4-5,7,10,17H,6,8-9H2,1-3H3,(H,15,18). The Hall–Kier alpha value is -1.62. The average Bonchev–Trinajstić information content (AvgIpc) is 2.29. The molecule has 0 aromatic carbocycles. The zero-order valence-electron chi connectivity index (χ0n) is 11.2. The highest BCUT2D eigenvalue weighted by Gasteiger charge is 2.08. The first-order chi connectivity index (χ1) is 8.47. The Morgan fingerprint density at radius 2 is 2.22 bits per heavy atom. The molecule has 100 valence electrons. The van der Waals surface area contributed by atoms with Gasteiger partial charge in [-0.05, 0) is 25.1 Å². The van der Waals surface area contributed by atoms with Crippen molar-refractivity contribution >= 4 is 5.91 Å². The summed E-state index contributed by atoms with van der Waals surface area (Å²) in [5, 5.41) is 12.0. The number of nitrogens with one attached hydrogen (secondary N) is 1. The van der Waals surface area contributed by atoms with E-state index in [1.807, 2.05) is 11.9 Å². The summed E-state index contributed by atoms with van der Waals surface area (Å²) in [7, 11) is 1.86. The molecule has 0 spiro atoms. The first-order valence-corrected chi connectivity index (χ1v) is 6.06. The van der Waals surface area contributed by atoms with Crippen LogP contribution in [0.1, 0.15) is 19.5 Å². The van der Waals surface area contributed by atoms with Gasteiger partial charge in [0.05, 0.1) is 18.4 Å². The Bertz CT molecular complexity index is 376. The number of hydrogen-bond acceptors (Lipinski definition) is 4. The van der Waals surface area contributed by atoms with Crippen molar-refractivity contribution in [3.63, 3.8) is 0 Å². The summed E-state index contributed by atoms with van der Waals surface area (Å²) in [6.07, 6.45) is 1.40. The van der Waals surface area contributed by atoms with Gasteiger partial charge in [0.2, 0.25) is 5.91 Å². The molecule has 0 saturated heterocycles. The maximum Gasteiger partial charge on any atom is 0.234 e. The zero-order chi connectivity index (χ0) is 13.5. The minimum atomic E-state index is 0.0185. The van der Waals surface area contributed by atoms with Crippen LogP contribution in [-0.4, -0.2) is 41.0 Å². The van der Waals surface area contributed by atoms with E-state index in [4.69, 9.17) is 5.11 Å². The number of carbonyl (C=O) groups is 1. The van der Waals surface area contributed by atoms with E-state index in [0.29, 0.717) is 25.6 Å². The van der Waals surface area contributed by atoms with Gasteiger partial charge in [0.25, 0.3) is 0 Å². The van der Waals surface area contributed by atoms with Crippen LogP contribution in [0.2, 0.25) is 0 Å². The SMILES string of the molecule is CC(C)CNC(=O)CN(C)Cc1ccc(O)cn1. The van der Waals surface area contributed by atoms with Crippen LogP contribution in [0.5, 0.6) is 5.75 Å². The van der Waals surface area contributed by atoms with Crippen molar-refractivity contribution in [1.29, 1.82) is 0 Å². The van der Waals surface area contributed by atoms with E-state index in [1.54, 1.807) is 12.1 Å². The molecule has 5 nitrogen and oxygen atoms in total. The molecule has 0 unspecified atom stereocenters. The quantitative estimate of drug-likeness (QED) is 0.791. The molecule has 1 aromatic rings. The number of likely N-dealkylation sites (N-methyl/N-ethyl adjacent to an activating group) is 1. The molecule has 1 amide bonds. The van der Waals surface area contributed by atoms with E-state index in [1.165, 1.54) is 6.20 Å². The number of rotatable bonds is 6. The normalized spacial score (nSPS) is 10.9. The molecule has 1 heterocycles. The topological polar surface area (TPSA) is 65.5 Å². The minimum absolute atomic E-state index is 0.0185. The first-order valence-electron chi connectivity index (χ1n) is 6.06. The summed E-state index contributed by atoms with van der Waals surface area (Å²) >= 11 is 0. The first kappa shape index (κ1) is 14.4. The van der Waals surface area contributed by atoms with Crippen molar-refractivity contribution in [2.24, 2.45) is 5.92 Å². The molecular formula is C13H21N3O2. The summed E-state index contributed by atoms with van der Waals surface area (Å²) in [6, 6.07) is 3.34. The number of aromatic hydroxyl groups is 1. The van der Waals surface area contributed by atoms with Crippen LogP contribution in [-0.2, 0) is 11.3 Å². The van der Waals surface area contributed by atoms with Crippen molar-refractivity contribution in [2.75, 3.05) is 20.1 Å². The van der Waals surface area contributed by atoms with Gasteiger partial charge in [-0.1, -0.05) is 13.8 Å². The lowest BCUT2D eigenvalue weighted by Gasteiger charge is -2.16. The smallest absolute Gasteiger partial charge is 0.234 e. The molecule has 0 aliphatic carbocycles. The number of pyridine rings is 1. The van der Waals surface area contributed by atoms with Gasteiger partial charge in [-0.2, -0.15) is 0 Å². The summed E-state index contributed by atoms with van der Waals surface area (Å²) in [5.74, 6) is 0.624. The van der Waals surface area contributed by atoms with Gasteiger partial charge >= 0.3 is 0 Å². The van der Waals surface area contributed by atoms with Crippen molar-refractivity contribution < 1.29 is 9.90 Å². The minimum Gasteiger partial charge on any atom is -0.506 e. The molecular weight excluding hydrogens is 230 g/mol. The molecule has 0 saturated carbocycles. The van der Waals surface area contributed by atoms with Gasteiger partial charge in [-0.3, -0.25) is 14.7 Å². The van der Waals surface area contributed by atoms with E-state index in [2.05, 4.69) is 24.1 Å². The lowest BCUT2D eigenvalue weighted by molar-refractivity contribution is -0.122. The van der Waals surface area contributed by atoms with Crippen LogP contribution >= 0.6 is 0 Å². The lowest BCUT2D eigenvalue weighted by Crippen LogP contribution is -2.36. The second-order valence-corrected chi connectivity index (χ2v) is 4.88. The van der Waals surface area contributed by atoms with Gasteiger partial charge in [-0.15, -0.1) is 0 Å². The molecule has 1 aromatic heterocycles. The van der Waals surface area contributed by atoms with Crippen molar-refractivity contribution in [3.05, 3.63) is 24.0 Å². The van der Waals surface area contributed by atoms with E-state index in [0.717, 1.165) is 5.69 Å². The third-order valence-electron chi connectivity index (χ3n) is 2.36. The summed E-state index contributed by atoms with van der Waals surface area (Å²) < 4.78 is 0. The van der Waals surface area contributed by atoms with Gasteiger partial charge in [0.15, 0.2) is 0 Å². The highest BCUT2D eigenvalue weighted by Crippen LogP contribution is 2.07. The lowest BCUT2D eigenvalue weighted by atomic mass is 10.2. The predicted octanol–water partition coefficient (Wildman–Crippen LogP) is 0.991. The Labute approximate surface area is 108 Å². The van der Waals surface area contributed by atoms with Crippen molar-refractivity contribution in [2.45, 2.75) is 20.4 Å². The Morgan fingerprint density at radius 3 is 2.78 bits per heavy atom. The van der Waals surface area contributed by atoms with Gasteiger partial charge in [-0.25, -0.2) is 0 Å². The number of amides is 1. The van der Waals surface area contributed by atoms with Crippen LogP contribution < -0.4 is 5.32 Å². The maximum atomic E-state index is 11.6. The molecule has 0 fully saturated rings. The van der Waals surface area contributed by atoms with Crippen LogP contribution in [0.25, 0.3) is 0 Å². The molecule has 0 aliphatic heterocycles. The molecule has 0 radical (unpaired) electrons. The fourth-order valence-electron chi connectivity index (χ4n) is 1.46. The zero-order valence-corrected chi connectivity index (χ0v) is 11.2. The third kappa shape index (κ3) is 5.63. The van der Waals surface area contributed by atoms with Gasteiger partial charge in [0.1, 0.15) is 5.75 Å². The van der Waals surface area contributed by atoms with Crippen LogP contribution in [0, 0.1) is 5.92 Å². The third-order valence-corrected chi connectivity index (χ3v) is 2.36. The molecule has 5 heteroatoms. The second-order valence-electron chi connectivity index (χ2n) is 4.88. The van der Waals surface area contributed by atoms with Gasteiger partial charge < -0.3 is 10.4 Å². The molecule has 0 bridgehead atoms. The van der Waals surface area contributed by atoms with Crippen LogP contribution in [0.3, 0.4) is 0 Å². The van der Waals surface area contributed by atoms with Crippen LogP contribution in [0.15, 0.2) is 18.3 Å². The largest absolute Gasteiger partial charge is 0.506 e. The summed E-state index contributed by atoms with van der Waals surface area (Å²) in [4.78, 5) is 17.5. The van der Waals surface area contributed by atoms with E-state index in [-0.39, 0.29) is 11.7 Å². The number of carbonyl (C=O) groups excluding carboxylic acids is 1. The van der Waals surface area contributed by atoms with Crippen molar-refractivity contribution in [1.82, 2.24) is 15.2 Å². The molecule has 0 atom stereocenters. The summed E-state index contributed by atoms with van der Waals surface area (Å²) in [6.45, 7) is 5.74. The molecule has 1 rings (SSSR count). The average molecular weight is 251 g/mol. The highest BCUT2D eigenvalue weighted by molar-refractivity contribution is 5.77. The molecule has 2 N–H and O–H groups in total. The Morgan fingerprint density at radius 1 is 1.50 bits per heavy atom. The summed E-state index contributed by atoms with van der Waals surface area (Å²) in [5.41, 5.74) is 0.826. The number of aromatic nitrogens is 1. The second kappa shape index (κ2) is 6.96. The van der Waals surface area contributed by atoms with E-state index < -0.39 is 0 Å². The fourth-order valence-corrected chi connectivity index (χ4v) is 1.46. The maximum absolute atomic E-state index is 11.6.